The number of primary sulfonamides is 1. The highest BCUT2D eigenvalue weighted by Gasteiger charge is 2.53. The van der Waals surface area contributed by atoms with E-state index in [-0.39, 0.29) is 35.2 Å². The Morgan fingerprint density at radius 1 is 1.27 bits per heavy atom. The molecule has 1 aromatic carbocycles. The fourth-order valence-corrected chi connectivity index (χ4v) is 4.17. The number of sulfonamides is 1. The fourth-order valence-electron chi connectivity index (χ4n) is 3.41. The summed E-state index contributed by atoms with van der Waals surface area (Å²) < 4.78 is 50.2. The van der Waals surface area contributed by atoms with Crippen molar-refractivity contribution in [2.75, 3.05) is 20.3 Å². The Kier molecular flexibility index (Phi) is 5.83. The van der Waals surface area contributed by atoms with Crippen molar-refractivity contribution in [3.05, 3.63) is 47.8 Å². The summed E-state index contributed by atoms with van der Waals surface area (Å²) in [4.78, 5) is 8.01. The number of hydrogen-bond acceptors (Lipinski definition) is 7. The predicted octanol–water partition coefficient (Wildman–Crippen LogP) is 2.75. The lowest BCUT2D eigenvalue weighted by Crippen LogP contribution is -2.46. The van der Waals surface area contributed by atoms with Crippen LogP contribution < -0.4 is 5.14 Å². The normalized spacial score (nSPS) is 17.2. The number of nitrogens with two attached hydrogens (primary N) is 1. The number of rotatable bonds is 5. The summed E-state index contributed by atoms with van der Waals surface area (Å²) in [6.45, 7) is 3.17. The molecular formula is C19H22FN5O4S. The van der Waals surface area contributed by atoms with E-state index in [0.29, 0.717) is 11.1 Å². The molecule has 2 aromatic rings. The van der Waals surface area contributed by atoms with Crippen molar-refractivity contribution < 1.29 is 22.3 Å². The molecule has 0 saturated carbocycles. The van der Waals surface area contributed by atoms with Gasteiger partial charge < -0.3 is 9.47 Å². The molecule has 3 N–H and O–H groups in total. The van der Waals surface area contributed by atoms with E-state index in [0.717, 1.165) is 0 Å². The Morgan fingerprint density at radius 2 is 1.93 bits per heavy atom. The molecular weight excluding hydrogens is 413 g/mol. The molecule has 3 rings (SSSR count). The Hall–Kier alpha value is -2.60. The molecule has 1 aliphatic heterocycles. The molecule has 1 aliphatic rings. The molecule has 1 aromatic heterocycles. The van der Waals surface area contributed by atoms with Crippen LogP contribution in [0.3, 0.4) is 0 Å². The van der Waals surface area contributed by atoms with Crippen molar-refractivity contribution in [2.24, 2.45) is 15.2 Å². The highest BCUT2D eigenvalue weighted by molar-refractivity contribution is 7.89. The number of benzene rings is 1. The molecule has 0 amide bonds. The zero-order chi connectivity index (χ0) is 22.2. The molecule has 0 atom stereocenters. The van der Waals surface area contributed by atoms with E-state index >= 15 is 0 Å². The van der Waals surface area contributed by atoms with Crippen molar-refractivity contribution in [1.82, 2.24) is 4.98 Å². The van der Waals surface area contributed by atoms with Gasteiger partial charge in [-0.1, -0.05) is 18.2 Å². The van der Waals surface area contributed by atoms with Crippen molar-refractivity contribution in [1.29, 1.82) is 5.53 Å². The van der Waals surface area contributed by atoms with Gasteiger partial charge in [0.05, 0.1) is 18.1 Å². The van der Waals surface area contributed by atoms with Crippen molar-refractivity contribution in [2.45, 2.75) is 30.2 Å². The first-order valence-electron chi connectivity index (χ1n) is 8.99. The standard InChI is InChI=1S/C19H22FN5O4S/c1-18(2,20)19(28-9-10-29-19)15-8-7-12(11-24-15)13-5-4-6-14(30(22,26)27)16(13)17(23-3)25-21/h4-8,11,21H,9-10H2,1-3H3,(H2,22,26,27). The molecule has 9 nitrogen and oxygen atoms in total. The zero-order valence-electron chi connectivity index (χ0n) is 16.7. The van der Waals surface area contributed by atoms with Crippen LogP contribution in [-0.2, 0) is 25.3 Å². The van der Waals surface area contributed by atoms with E-state index < -0.39 is 21.5 Å². The van der Waals surface area contributed by atoms with Gasteiger partial charge in [0.15, 0.2) is 11.5 Å². The summed E-state index contributed by atoms with van der Waals surface area (Å²) in [6.07, 6.45) is 1.44. The van der Waals surface area contributed by atoms with Crippen molar-refractivity contribution >= 4 is 15.9 Å². The quantitative estimate of drug-likeness (QED) is 0.422. The Balaban J connectivity index is 2.17. The van der Waals surface area contributed by atoms with Crippen LogP contribution in [0.2, 0.25) is 0 Å². The van der Waals surface area contributed by atoms with Crippen LogP contribution in [0.1, 0.15) is 25.1 Å². The predicted molar refractivity (Wildman–Crippen MR) is 107 cm³/mol. The highest BCUT2D eigenvalue weighted by atomic mass is 32.2. The molecule has 11 heteroatoms. The molecule has 0 radical (unpaired) electrons. The van der Waals surface area contributed by atoms with Crippen LogP contribution in [0.15, 0.2) is 51.5 Å². The third-order valence-corrected chi connectivity index (χ3v) is 5.72. The Labute approximate surface area is 173 Å². The average molecular weight is 435 g/mol. The van der Waals surface area contributed by atoms with Gasteiger partial charge in [-0.15, -0.1) is 5.11 Å². The minimum absolute atomic E-state index is 0.0842. The highest BCUT2D eigenvalue weighted by Crippen LogP contribution is 2.43. The number of alkyl halides is 1. The van der Waals surface area contributed by atoms with Gasteiger partial charge >= 0.3 is 0 Å². The smallest absolute Gasteiger partial charge is 0.247 e. The van der Waals surface area contributed by atoms with E-state index in [1.807, 2.05) is 0 Å². The van der Waals surface area contributed by atoms with Crippen LogP contribution in [0.5, 0.6) is 0 Å². The topological polar surface area (TPSA) is 140 Å². The van der Waals surface area contributed by atoms with Gasteiger partial charge in [-0.2, -0.15) is 0 Å². The van der Waals surface area contributed by atoms with E-state index in [4.69, 9.17) is 20.1 Å². The maximum Gasteiger partial charge on any atom is 0.247 e. The summed E-state index contributed by atoms with van der Waals surface area (Å²) >= 11 is 0. The summed E-state index contributed by atoms with van der Waals surface area (Å²) in [5.41, 5.74) is 6.73. The lowest BCUT2D eigenvalue weighted by molar-refractivity contribution is -0.244. The SMILES string of the molecule is CN=C(N=N)c1c(-c2ccc(C3(C(C)(C)F)OCCO3)nc2)cccc1S(N)(=O)=O. The minimum Gasteiger partial charge on any atom is -0.340 e. The van der Waals surface area contributed by atoms with Crippen LogP contribution in [-0.4, -0.2) is 45.2 Å². The second kappa shape index (κ2) is 7.91. The molecule has 1 saturated heterocycles. The second-order valence-electron chi connectivity index (χ2n) is 7.10. The molecule has 1 fully saturated rings. The van der Waals surface area contributed by atoms with Gasteiger partial charge in [0, 0.05) is 24.4 Å². The first kappa shape index (κ1) is 22.1. The monoisotopic (exact) mass is 435 g/mol. The molecule has 2 heterocycles. The van der Waals surface area contributed by atoms with Crippen LogP contribution in [0.4, 0.5) is 4.39 Å². The van der Waals surface area contributed by atoms with Gasteiger partial charge in [0.1, 0.15) is 5.69 Å². The van der Waals surface area contributed by atoms with E-state index in [1.54, 1.807) is 18.2 Å². The van der Waals surface area contributed by atoms with Gasteiger partial charge in [0.2, 0.25) is 15.8 Å². The number of halogens is 1. The number of ether oxygens (including phenoxy) is 2. The summed E-state index contributed by atoms with van der Waals surface area (Å²) in [5, 5.41) is 8.68. The van der Waals surface area contributed by atoms with E-state index in [9.17, 15) is 12.8 Å². The van der Waals surface area contributed by atoms with Gasteiger partial charge in [0.25, 0.3) is 0 Å². The third kappa shape index (κ3) is 3.76. The molecule has 30 heavy (non-hydrogen) atoms. The lowest BCUT2D eigenvalue weighted by Gasteiger charge is -2.35. The largest absolute Gasteiger partial charge is 0.340 e. The van der Waals surface area contributed by atoms with Gasteiger partial charge in [-0.3, -0.25) is 9.98 Å². The first-order chi connectivity index (χ1) is 14.0. The van der Waals surface area contributed by atoms with Crippen molar-refractivity contribution in [3.8, 4) is 11.1 Å². The second-order valence-corrected chi connectivity index (χ2v) is 8.63. The minimum atomic E-state index is -4.11. The Bertz CT molecular complexity index is 1090. The third-order valence-electron chi connectivity index (χ3n) is 4.76. The molecule has 0 spiro atoms. The lowest BCUT2D eigenvalue weighted by atomic mass is 9.94. The fraction of sp³-hybridized carbons (Fsp3) is 0.368. The number of aliphatic imine (C=N–C) groups is 1. The number of amidine groups is 1. The van der Waals surface area contributed by atoms with E-state index in [2.05, 4.69) is 15.1 Å². The molecule has 160 valence electrons. The number of nitrogens with one attached hydrogen (secondary N) is 1. The molecule has 0 aliphatic carbocycles. The summed E-state index contributed by atoms with van der Waals surface area (Å²) in [7, 11) is -2.72. The number of pyridine rings is 1. The van der Waals surface area contributed by atoms with Gasteiger partial charge in [-0.25, -0.2) is 23.5 Å². The Morgan fingerprint density at radius 3 is 2.40 bits per heavy atom. The maximum atomic E-state index is 14.9. The van der Waals surface area contributed by atoms with Crippen LogP contribution in [0, 0.1) is 5.53 Å². The number of hydrogen-bond donors (Lipinski definition) is 2. The molecule has 0 unspecified atom stereocenters. The zero-order valence-corrected chi connectivity index (χ0v) is 17.5. The number of aromatic nitrogens is 1. The van der Waals surface area contributed by atoms with Crippen LogP contribution >= 0.6 is 0 Å². The van der Waals surface area contributed by atoms with E-state index in [1.165, 1.54) is 39.2 Å². The maximum absolute atomic E-state index is 14.9. The summed E-state index contributed by atoms with van der Waals surface area (Å²) in [5.74, 6) is -1.74. The first-order valence-corrected chi connectivity index (χ1v) is 10.5. The molecule has 0 bridgehead atoms. The van der Waals surface area contributed by atoms with Crippen molar-refractivity contribution in [3.63, 3.8) is 0 Å². The average Bonchev–Trinajstić information content (AvgIpc) is 3.20. The number of nitrogens with zero attached hydrogens (tertiary/aromatic N) is 3. The summed E-state index contributed by atoms with van der Waals surface area (Å²) in [6, 6.07) is 7.64. The van der Waals surface area contributed by atoms with Gasteiger partial charge in [-0.05, 0) is 31.5 Å². The van der Waals surface area contributed by atoms with Crippen LogP contribution in [0.25, 0.3) is 11.1 Å².